The number of nitrogens with zero attached hydrogens (tertiary/aromatic N) is 1. The number of hydrogen-bond acceptors (Lipinski definition) is 2. The zero-order valence-electron chi connectivity index (χ0n) is 9.63. The lowest BCUT2D eigenvalue weighted by molar-refractivity contribution is 0.250. The number of nitrogens with one attached hydrogen (secondary N) is 1. The fourth-order valence-electron chi connectivity index (χ4n) is 3.16. The largest absolute Gasteiger partial charge is 0.317 e. The lowest BCUT2D eigenvalue weighted by Gasteiger charge is -2.24. The molecule has 3 unspecified atom stereocenters. The second-order valence-corrected chi connectivity index (χ2v) is 5.24. The third-order valence-electron chi connectivity index (χ3n) is 4.03. The van der Waals surface area contributed by atoms with E-state index in [0.29, 0.717) is 0 Å². The summed E-state index contributed by atoms with van der Waals surface area (Å²) < 4.78 is 0. The summed E-state index contributed by atoms with van der Waals surface area (Å²) in [5.74, 6) is 1.86. The Morgan fingerprint density at radius 1 is 1.29 bits per heavy atom. The van der Waals surface area contributed by atoms with Gasteiger partial charge in [-0.3, -0.25) is 0 Å². The Morgan fingerprint density at radius 2 is 2.14 bits per heavy atom. The minimum absolute atomic E-state index is 0.797. The van der Waals surface area contributed by atoms with Crippen LogP contribution < -0.4 is 5.32 Å². The normalized spacial score (nSPS) is 39.4. The van der Waals surface area contributed by atoms with Gasteiger partial charge in [-0.25, -0.2) is 0 Å². The number of rotatable bonds is 3. The molecule has 1 aliphatic carbocycles. The fraction of sp³-hybridized carbons (Fsp3) is 1.00. The summed E-state index contributed by atoms with van der Waals surface area (Å²) in [6.45, 7) is 6.40. The summed E-state index contributed by atoms with van der Waals surface area (Å²) in [5, 5.41) is 3.47. The zero-order chi connectivity index (χ0) is 9.97. The van der Waals surface area contributed by atoms with E-state index < -0.39 is 0 Å². The Bertz CT molecular complexity index is 181. The molecule has 1 N–H and O–H groups in total. The van der Waals surface area contributed by atoms with Gasteiger partial charge in [0.15, 0.2) is 0 Å². The van der Waals surface area contributed by atoms with Gasteiger partial charge in [0, 0.05) is 19.1 Å². The van der Waals surface area contributed by atoms with Crippen molar-refractivity contribution in [3.63, 3.8) is 0 Å². The molecule has 1 saturated heterocycles. The van der Waals surface area contributed by atoms with E-state index >= 15 is 0 Å². The first-order valence-electron chi connectivity index (χ1n) is 6.19. The molecule has 2 aliphatic rings. The van der Waals surface area contributed by atoms with Gasteiger partial charge in [0.05, 0.1) is 0 Å². The predicted molar refractivity (Wildman–Crippen MR) is 60.4 cm³/mol. The van der Waals surface area contributed by atoms with Gasteiger partial charge in [-0.2, -0.15) is 0 Å². The average molecular weight is 196 g/mol. The van der Waals surface area contributed by atoms with Gasteiger partial charge in [0.2, 0.25) is 0 Å². The molecule has 0 bridgehead atoms. The van der Waals surface area contributed by atoms with Gasteiger partial charge >= 0.3 is 0 Å². The van der Waals surface area contributed by atoms with Crippen LogP contribution in [0.5, 0.6) is 0 Å². The van der Waals surface area contributed by atoms with Crippen molar-refractivity contribution in [2.24, 2.45) is 11.8 Å². The van der Waals surface area contributed by atoms with Gasteiger partial charge in [-0.1, -0.05) is 13.3 Å². The molecular formula is C12H24N2. The topological polar surface area (TPSA) is 15.3 Å². The summed E-state index contributed by atoms with van der Waals surface area (Å²) in [6.07, 6.45) is 5.68. The maximum absolute atomic E-state index is 3.47. The summed E-state index contributed by atoms with van der Waals surface area (Å²) >= 11 is 0. The maximum atomic E-state index is 3.47. The van der Waals surface area contributed by atoms with E-state index in [2.05, 4.69) is 24.2 Å². The summed E-state index contributed by atoms with van der Waals surface area (Å²) in [4.78, 5) is 2.67. The molecule has 82 valence electrons. The summed E-state index contributed by atoms with van der Waals surface area (Å²) in [6, 6.07) is 0.797. The molecule has 0 aromatic carbocycles. The molecule has 2 heteroatoms. The van der Waals surface area contributed by atoms with E-state index in [-0.39, 0.29) is 0 Å². The monoisotopic (exact) mass is 196 g/mol. The van der Waals surface area contributed by atoms with Gasteiger partial charge in [0.25, 0.3) is 0 Å². The molecule has 1 aliphatic heterocycles. The molecule has 0 amide bonds. The second kappa shape index (κ2) is 4.63. The van der Waals surface area contributed by atoms with Crippen LogP contribution in [0.4, 0.5) is 0 Å². The molecule has 3 atom stereocenters. The van der Waals surface area contributed by atoms with E-state index in [9.17, 15) is 0 Å². The van der Waals surface area contributed by atoms with Crippen LogP contribution in [0.3, 0.4) is 0 Å². The first-order chi connectivity index (χ1) is 6.79. The molecule has 0 aromatic rings. The van der Waals surface area contributed by atoms with Crippen LogP contribution in [0.25, 0.3) is 0 Å². The fourth-order valence-corrected chi connectivity index (χ4v) is 3.16. The van der Waals surface area contributed by atoms with Crippen molar-refractivity contribution in [1.29, 1.82) is 0 Å². The SMILES string of the molecule is CNC1CCCC1CN1CCC(C)C1. The van der Waals surface area contributed by atoms with Gasteiger partial charge in [-0.15, -0.1) is 0 Å². The van der Waals surface area contributed by atoms with Crippen LogP contribution in [0.2, 0.25) is 0 Å². The van der Waals surface area contributed by atoms with Crippen LogP contribution >= 0.6 is 0 Å². The van der Waals surface area contributed by atoms with Gasteiger partial charge in [0.1, 0.15) is 0 Å². The van der Waals surface area contributed by atoms with Crippen molar-refractivity contribution in [2.45, 2.75) is 38.6 Å². The van der Waals surface area contributed by atoms with E-state index in [1.54, 1.807) is 0 Å². The lowest BCUT2D eigenvalue weighted by Crippen LogP contribution is -2.37. The Labute approximate surface area is 88.1 Å². The van der Waals surface area contributed by atoms with Gasteiger partial charge in [-0.05, 0) is 44.7 Å². The Balaban J connectivity index is 1.79. The van der Waals surface area contributed by atoms with Crippen molar-refractivity contribution in [1.82, 2.24) is 10.2 Å². The lowest BCUT2D eigenvalue weighted by atomic mass is 10.0. The van der Waals surface area contributed by atoms with Crippen LogP contribution in [0.1, 0.15) is 32.6 Å². The third kappa shape index (κ3) is 2.29. The van der Waals surface area contributed by atoms with Gasteiger partial charge < -0.3 is 10.2 Å². The molecule has 1 saturated carbocycles. The van der Waals surface area contributed by atoms with Crippen LogP contribution in [-0.4, -0.2) is 37.6 Å². The van der Waals surface area contributed by atoms with Crippen molar-refractivity contribution < 1.29 is 0 Å². The van der Waals surface area contributed by atoms with Crippen molar-refractivity contribution >= 4 is 0 Å². The minimum atomic E-state index is 0.797. The Morgan fingerprint density at radius 3 is 2.79 bits per heavy atom. The molecule has 2 rings (SSSR count). The minimum Gasteiger partial charge on any atom is -0.317 e. The number of likely N-dealkylation sites (tertiary alicyclic amines) is 1. The molecule has 2 fully saturated rings. The first-order valence-corrected chi connectivity index (χ1v) is 6.19. The highest BCUT2D eigenvalue weighted by Gasteiger charge is 2.29. The summed E-state index contributed by atoms with van der Waals surface area (Å²) in [5.41, 5.74) is 0. The molecule has 2 nitrogen and oxygen atoms in total. The molecule has 0 spiro atoms. The molecule has 0 radical (unpaired) electrons. The second-order valence-electron chi connectivity index (χ2n) is 5.24. The van der Waals surface area contributed by atoms with Crippen molar-refractivity contribution in [2.75, 3.05) is 26.7 Å². The molecule has 1 heterocycles. The zero-order valence-corrected chi connectivity index (χ0v) is 9.63. The Hall–Kier alpha value is -0.0800. The van der Waals surface area contributed by atoms with Crippen molar-refractivity contribution in [3.05, 3.63) is 0 Å². The quantitative estimate of drug-likeness (QED) is 0.739. The van der Waals surface area contributed by atoms with E-state index in [0.717, 1.165) is 17.9 Å². The van der Waals surface area contributed by atoms with Crippen LogP contribution in [-0.2, 0) is 0 Å². The highest BCUT2D eigenvalue weighted by atomic mass is 15.1. The third-order valence-corrected chi connectivity index (χ3v) is 4.03. The first kappa shape index (κ1) is 10.4. The average Bonchev–Trinajstić information content (AvgIpc) is 2.76. The Kier molecular flexibility index (Phi) is 3.45. The van der Waals surface area contributed by atoms with E-state index in [1.807, 2.05) is 0 Å². The van der Waals surface area contributed by atoms with Crippen LogP contribution in [0, 0.1) is 11.8 Å². The molecule has 0 aromatic heterocycles. The maximum Gasteiger partial charge on any atom is 0.0104 e. The van der Waals surface area contributed by atoms with E-state index in [1.165, 1.54) is 45.3 Å². The highest BCUT2D eigenvalue weighted by molar-refractivity contribution is 4.85. The smallest absolute Gasteiger partial charge is 0.0104 e. The van der Waals surface area contributed by atoms with Crippen molar-refractivity contribution in [3.8, 4) is 0 Å². The standard InChI is InChI=1S/C12H24N2/c1-10-6-7-14(8-10)9-11-4-3-5-12(11)13-2/h10-13H,3-9H2,1-2H3. The number of hydrogen-bond donors (Lipinski definition) is 1. The van der Waals surface area contributed by atoms with Crippen LogP contribution in [0.15, 0.2) is 0 Å². The summed E-state index contributed by atoms with van der Waals surface area (Å²) in [7, 11) is 2.12. The van der Waals surface area contributed by atoms with E-state index in [4.69, 9.17) is 0 Å². The molecular weight excluding hydrogens is 172 g/mol. The highest BCUT2D eigenvalue weighted by Crippen LogP contribution is 2.28. The molecule has 14 heavy (non-hydrogen) atoms. The predicted octanol–water partition coefficient (Wildman–Crippen LogP) is 1.72.